The smallest absolute Gasteiger partial charge is 0.0693 e. The quantitative estimate of drug-likeness (QED) is 0.625. The molecule has 0 saturated heterocycles. The van der Waals surface area contributed by atoms with E-state index in [4.69, 9.17) is 0 Å². The van der Waals surface area contributed by atoms with Crippen LogP contribution in [0.3, 0.4) is 0 Å². The third-order valence-electron chi connectivity index (χ3n) is 2.13. The number of aryl methyl sites for hydroxylation is 2. The average Bonchev–Trinajstić information content (AvgIpc) is 2.49. The van der Waals surface area contributed by atoms with Gasteiger partial charge in [-0.1, -0.05) is 13.0 Å². The van der Waals surface area contributed by atoms with E-state index in [-0.39, 0.29) is 0 Å². The van der Waals surface area contributed by atoms with Crippen molar-refractivity contribution >= 4 is 5.52 Å². The van der Waals surface area contributed by atoms with Crippen molar-refractivity contribution in [1.29, 1.82) is 0 Å². The third-order valence-corrected chi connectivity index (χ3v) is 2.13. The Kier molecular flexibility index (Phi) is 1.61. The van der Waals surface area contributed by atoms with E-state index in [1.165, 1.54) is 11.1 Å². The largest absolute Gasteiger partial charge is 0.240 e. The van der Waals surface area contributed by atoms with Crippen molar-refractivity contribution < 1.29 is 0 Å². The van der Waals surface area contributed by atoms with Gasteiger partial charge in [-0.25, -0.2) is 4.52 Å². The highest BCUT2D eigenvalue weighted by atomic mass is 15.2. The van der Waals surface area contributed by atoms with E-state index >= 15 is 0 Å². The zero-order chi connectivity index (χ0) is 8.55. The Morgan fingerprint density at radius 2 is 2.33 bits per heavy atom. The number of hydrogen-bond acceptors (Lipinski definition) is 1. The lowest BCUT2D eigenvalue weighted by molar-refractivity contribution is 0.895. The summed E-state index contributed by atoms with van der Waals surface area (Å²) in [5.74, 6) is 0. The second-order valence-electron chi connectivity index (χ2n) is 3.01. The van der Waals surface area contributed by atoms with Crippen LogP contribution in [0.4, 0.5) is 0 Å². The van der Waals surface area contributed by atoms with Crippen LogP contribution in [0.1, 0.15) is 18.2 Å². The van der Waals surface area contributed by atoms with Gasteiger partial charge in [-0.2, -0.15) is 5.10 Å². The maximum Gasteiger partial charge on any atom is 0.0693 e. The number of aromatic nitrogens is 2. The van der Waals surface area contributed by atoms with E-state index < -0.39 is 0 Å². The topological polar surface area (TPSA) is 17.3 Å². The summed E-state index contributed by atoms with van der Waals surface area (Å²) in [6.45, 7) is 4.23. The van der Waals surface area contributed by atoms with E-state index in [0.717, 1.165) is 12.1 Å². The Hall–Kier alpha value is -1.31. The van der Waals surface area contributed by atoms with Gasteiger partial charge in [-0.05, 0) is 31.0 Å². The molecule has 12 heavy (non-hydrogen) atoms. The highest BCUT2D eigenvalue weighted by Crippen LogP contribution is 2.11. The molecule has 0 unspecified atom stereocenters. The fraction of sp³-hybridized carbons (Fsp3) is 0.300. The standard InChI is InChI=1S/C10H12N2/c1-3-9-7-10-8(2)5-4-6-12(10)11-9/h4-7H,3H2,1-2H3. The number of rotatable bonds is 1. The molecular weight excluding hydrogens is 148 g/mol. The molecule has 2 nitrogen and oxygen atoms in total. The van der Waals surface area contributed by atoms with Gasteiger partial charge in [0.1, 0.15) is 0 Å². The van der Waals surface area contributed by atoms with E-state index in [1.54, 1.807) is 0 Å². The summed E-state index contributed by atoms with van der Waals surface area (Å²) in [7, 11) is 0. The zero-order valence-electron chi connectivity index (χ0n) is 7.41. The molecule has 2 aromatic heterocycles. The van der Waals surface area contributed by atoms with Crippen LogP contribution < -0.4 is 0 Å². The van der Waals surface area contributed by atoms with E-state index in [0.29, 0.717) is 0 Å². The van der Waals surface area contributed by atoms with E-state index in [2.05, 4.69) is 31.1 Å². The molecule has 0 aromatic carbocycles. The predicted molar refractivity (Wildman–Crippen MR) is 49.3 cm³/mol. The number of hydrogen-bond donors (Lipinski definition) is 0. The molecule has 2 rings (SSSR count). The van der Waals surface area contributed by atoms with Crippen LogP contribution in [0.2, 0.25) is 0 Å². The summed E-state index contributed by atoms with van der Waals surface area (Å²) in [5, 5.41) is 4.41. The molecule has 0 fully saturated rings. The molecular formula is C10H12N2. The second-order valence-corrected chi connectivity index (χ2v) is 3.01. The molecule has 0 atom stereocenters. The molecule has 0 amide bonds. The average molecular weight is 160 g/mol. The lowest BCUT2D eigenvalue weighted by Crippen LogP contribution is -1.88. The summed E-state index contributed by atoms with van der Waals surface area (Å²) in [4.78, 5) is 0. The van der Waals surface area contributed by atoms with Crippen LogP contribution in [0.25, 0.3) is 5.52 Å². The van der Waals surface area contributed by atoms with Crippen molar-refractivity contribution in [3.05, 3.63) is 35.7 Å². The lowest BCUT2D eigenvalue weighted by Gasteiger charge is -1.94. The van der Waals surface area contributed by atoms with Crippen molar-refractivity contribution in [3.8, 4) is 0 Å². The summed E-state index contributed by atoms with van der Waals surface area (Å²) in [6, 6.07) is 6.28. The molecule has 0 N–H and O–H groups in total. The van der Waals surface area contributed by atoms with Crippen LogP contribution in [0.15, 0.2) is 24.4 Å². The van der Waals surface area contributed by atoms with Gasteiger partial charge >= 0.3 is 0 Å². The molecule has 0 radical (unpaired) electrons. The first-order chi connectivity index (χ1) is 5.81. The number of fused-ring (bicyclic) bond motifs is 1. The minimum absolute atomic E-state index is 1.00. The maximum absolute atomic E-state index is 4.41. The normalized spacial score (nSPS) is 10.8. The van der Waals surface area contributed by atoms with Gasteiger partial charge in [-0.15, -0.1) is 0 Å². The Balaban J connectivity index is 2.74. The Bertz CT molecular complexity index is 401. The Morgan fingerprint density at radius 3 is 3.00 bits per heavy atom. The van der Waals surface area contributed by atoms with Crippen LogP contribution in [-0.2, 0) is 6.42 Å². The molecule has 0 aliphatic heterocycles. The molecule has 0 aliphatic rings. The fourth-order valence-electron chi connectivity index (χ4n) is 1.38. The van der Waals surface area contributed by atoms with Crippen LogP contribution in [-0.4, -0.2) is 9.61 Å². The number of nitrogens with zero attached hydrogens (tertiary/aromatic N) is 2. The van der Waals surface area contributed by atoms with Gasteiger partial charge in [-0.3, -0.25) is 0 Å². The first-order valence-electron chi connectivity index (χ1n) is 4.25. The highest BCUT2D eigenvalue weighted by Gasteiger charge is 2.00. The van der Waals surface area contributed by atoms with Gasteiger partial charge in [0, 0.05) is 6.20 Å². The van der Waals surface area contributed by atoms with Crippen molar-refractivity contribution in [3.63, 3.8) is 0 Å². The summed E-state index contributed by atoms with van der Waals surface area (Å²) < 4.78 is 1.94. The number of pyridine rings is 1. The van der Waals surface area contributed by atoms with Gasteiger partial charge in [0.05, 0.1) is 11.2 Å². The third kappa shape index (κ3) is 0.998. The lowest BCUT2D eigenvalue weighted by atomic mass is 10.2. The van der Waals surface area contributed by atoms with Gasteiger partial charge in [0.2, 0.25) is 0 Å². The first kappa shape index (κ1) is 7.35. The summed E-state index contributed by atoms with van der Waals surface area (Å²) >= 11 is 0. The van der Waals surface area contributed by atoms with Crippen molar-refractivity contribution in [1.82, 2.24) is 9.61 Å². The van der Waals surface area contributed by atoms with E-state index in [1.807, 2.05) is 16.8 Å². The predicted octanol–water partition coefficient (Wildman–Crippen LogP) is 2.21. The first-order valence-corrected chi connectivity index (χ1v) is 4.25. The molecule has 2 heteroatoms. The molecule has 0 saturated carbocycles. The van der Waals surface area contributed by atoms with Crippen LogP contribution >= 0.6 is 0 Å². The maximum atomic E-state index is 4.41. The van der Waals surface area contributed by atoms with Gasteiger partial charge in [0.15, 0.2) is 0 Å². The SMILES string of the molecule is CCc1cc2c(C)cccn2n1. The molecule has 2 aromatic rings. The summed E-state index contributed by atoms with van der Waals surface area (Å²) in [5.41, 5.74) is 3.66. The molecule has 0 spiro atoms. The Labute approximate surface area is 71.8 Å². The zero-order valence-corrected chi connectivity index (χ0v) is 7.41. The second kappa shape index (κ2) is 2.63. The van der Waals surface area contributed by atoms with E-state index in [9.17, 15) is 0 Å². The van der Waals surface area contributed by atoms with Gasteiger partial charge < -0.3 is 0 Å². The minimum Gasteiger partial charge on any atom is -0.240 e. The molecule has 62 valence electrons. The van der Waals surface area contributed by atoms with Crippen molar-refractivity contribution in [2.45, 2.75) is 20.3 Å². The summed E-state index contributed by atoms with van der Waals surface area (Å²) in [6.07, 6.45) is 2.99. The monoisotopic (exact) mass is 160 g/mol. The highest BCUT2D eigenvalue weighted by molar-refractivity contribution is 5.54. The van der Waals surface area contributed by atoms with Crippen molar-refractivity contribution in [2.24, 2.45) is 0 Å². The Morgan fingerprint density at radius 1 is 1.50 bits per heavy atom. The van der Waals surface area contributed by atoms with Crippen LogP contribution in [0.5, 0.6) is 0 Å². The van der Waals surface area contributed by atoms with Crippen molar-refractivity contribution in [2.75, 3.05) is 0 Å². The molecule has 0 bridgehead atoms. The fourth-order valence-corrected chi connectivity index (χ4v) is 1.38. The molecule has 0 aliphatic carbocycles. The van der Waals surface area contributed by atoms with Gasteiger partial charge in [0.25, 0.3) is 0 Å². The minimum atomic E-state index is 1.00. The van der Waals surface area contributed by atoms with Crippen LogP contribution in [0, 0.1) is 6.92 Å². The molecule has 2 heterocycles.